The van der Waals surface area contributed by atoms with Gasteiger partial charge in [0.15, 0.2) is 5.78 Å². The number of halogens is 2. The van der Waals surface area contributed by atoms with E-state index in [1.54, 1.807) is 12.1 Å². The fourth-order valence-corrected chi connectivity index (χ4v) is 2.01. The molecule has 0 aliphatic rings. The molecule has 13 heavy (non-hydrogen) atoms. The number of alkyl halides is 1. The third-order valence-corrected chi connectivity index (χ3v) is 3.25. The predicted molar refractivity (Wildman–Crippen MR) is 66.3 cm³/mol. The topological polar surface area (TPSA) is 43.1 Å². The molecule has 0 aliphatic carbocycles. The van der Waals surface area contributed by atoms with Crippen molar-refractivity contribution in [2.45, 2.75) is 6.42 Å². The standard InChI is InChI=1S/C9H9BrINO/c10-5-4-8(13)6-2-1-3-7(12)9(6)11/h1-3H,4-5,12H2. The van der Waals surface area contributed by atoms with Gasteiger partial charge in [-0.05, 0) is 28.7 Å². The van der Waals surface area contributed by atoms with Crippen molar-refractivity contribution in [3.63, 3.8) is 0 Å². The summed E-state index contributed by atoms with van der Waals surface area (Å²) in [6.45, 7) is 0. The maximum atomic E-state index is 11.5. The summed E-state index contributed by atoms with van der Waals surface area (Å²) in [5.41, 5.74) is 7.07. The molecule has 2 nitrogen and oxygen atoms in total. The molecule has 4 heteroatoms. The van der Waals surface area contributed by atoms with Crippen molar-refractivity contribution in [3.8, 4) is 0 Å². The highest BCUT2D eigenvalue weighted by atomic mass is 127. The molecule has 1 aromatic rings. The summed E-state index contributed by atoms with van der Waals surface area (Å²) in [5.74, 6) is 0.133. The van der Waals surface area contributed by atoms with Crippen LogP contribution in [0.4, 0.5) is 5.69 Å². The Morgan fingerprint density at radius 3 is 2.85 bits per heavy atom. The molecule has 0 unspecified atom stereocenters. The van der Waals surface area contributed by atoms with Gasteiger partial charge in [-0.2, -0.15) is 0 Å². The molecule has 0 radical (unpaired) electrons. The number of anilines is 1. The minimum Gasteiger partial charge on any atom is -0.398 e. The number of nitrogens with two attached hydrogens (primary N) is 1. The number of carbonyl (C=O) groups excluding carboxylic acids is 1. The first-order valence-electron chi connectivity index (χ1n) is 3.80. The Morgan fingerprint density at radius 2 is 2.23 bits per heavy atom. The van der Waals surface area contributed by atoms with E-state index in [1.165, 1.54) is 0 Å². The van der Waals surface area contributed by atoms with E-state index >= 15 is 0 Å². The monoisotopic (exact) mass is 353 g/mol. The number of Topliss-reactive ketones (excluding diaryl/α,β-unsaturated/α-hetero) is 1. The summed E-state index contributed by atoms with van der Waals surface area (Å²) in [7, 11) is 0. The number of carbonyl (C=O) groups is 1. The summed E-state index contributed by atoms with van der Waals surface area (Å²) >= 11 is 5.33. The summed E-state index contributed by atoms with van der Waals surface area (Å²) in [6.07, 6.45) is 0.513. The average molecular weight is 354 g/mol. The molecule has 1 aromatic carbocycles. The molecule has 0 atom stereocenters. The van der Waals surface area contributed by atoms with Gasteiger partial charge in [-0.15, -0.1) is 0 Å². The molecule has 0 spiro atoms. The third kappa shape index (κ3) is 2.67. The lowest BCUT2D eigenvalue weighted by Gasteiger charge is -2.04. The van der Waals surface area contributed by atoms with E-state index in [0.717, 1.165) is 9.13 Å². The van der Waals surface area contributed by atoms with E-state index in [9.17, 15) is 4.79 Å². The van der Waals surface area contributed by atoms with Gasteiger partial charge >= 0.3 is 0 Å². The van der Waals surface area contributed by atoms with Crippen LogP contribution in [0.1, 0.15) is 16.8 Å². The molecular weight excluding hydrogens is 345 g/mol. The van der Waals surface area contributed by atoms with E-state index < -0.39 is 0 Å². The maximum Gasteiger partial charge on any atom is 0.164 e. The van der Waals surface area contributed by atoms with E-state index in [2.05, 4.69) is 38.5 Å². The average Bonchev–Trinajstić information content (AvgIpc) is 2.10. The largest absolute Gasteiger partial charge is 0.398 e. The van der Waals surface area contributed by atoms with Crippen LogP contribution in [0.2, 0.25) is 0 Å². The molecule has 2 N–H and O–H groups in total. The first-order chi connectivity index (χ1) is 6.16. The molecule has 0 aliphatic heterocycles. The van der Waals surface area contributed by atoms with Gasteiger partial charge < -0.3 is 5.73 Å². The normalized spacial score (nSPS) is 10.0. The van der Waals surface area contributed by atoms with Crippen molar-refractivity contribution in [2.75, 3.05) is 11.1 Å². The second-order valence-corrected chi connectivity index (χ2v) is 4.44. The molecule has 70 valence electrons. The van der Waals surface area contributed by atoms with Gasteiger partial charge in [-0.25, -0.2) is 0 Å². The molecule has 0 amide bonds. The van der Waals surface area contributed by atoms with Gasteiger partial charge in [0, 0.05) is 26.6 Å². The minimum atomic E-state index is 0.133. The molecule has 0 saturated heterocycles. The molecule has 0 heterocycles. The second-order valence-electron chi connectivity index (χ2n) is 2.57. The van der Waals surface area contributed by atoms with Crippen LogP contribution in [-0.2, 0) is 0 Å². The Kier molecular flexibility index (Phi) is 4.18. The lowest BCUT2D eigenvalue weighted by atomic mass is 10.1. The zero-order valence-electron chi connectivity index (χ0n) is 6.89. The minimum absolute atomic E-state index is 0.133. The molecule has 0 bridgehead atoms. The quantitative estimate of drug-likeness (QED) is 0.393. The fourth-order valence-electron chi connectivity index (χ4n) is 0.986. The maximum absolute atomic E-state index is 11.5. The molecule has 1 rings (SSSR count). The van der Waals surface area contributed by atoms with E-state index in [0.29, 0.717) is 17.4 Å². The lowest BCUT2D eigenvalue weighted by molar-refractivity contribution is 0.0989. The van der Waals surface area contributed by atoms with Gasteiger partial charge in [-0.3, -0.25) is 4.79 Å². The van der Waals surface area contributed by atoms with Gasteiger partial charge in [0.1, 0.15) is 0 Å². The Hall–Kier alpha value is -0.100. The molecule has 0 saturated carbocycles. The second kappa shape index (κ2) is 4.95. The van der Waals surface area contributed by atoms with Crippen molar-refractivity contribution in [1.29, 1.82) is 0 Å². The number of ketones is 1. The lowest BCUT2D eigenvalue weighted by Crippen LogP contribution is -2.04. The summed E-state index contributed by atoms with van der Waals surface area (Å²) in [5, 5.41) is 0.691. The number of hydrogen-bond donors (Lipinski definition) is 1. The van der Waals surface area contributed by atoms with Crippen LogP contribution < -0.4 is 5.73 Å². The van der Waals surface area contributed by atoms with Gasteiger partial charge in [0.2, 0.25) is 0 Å². The first-order valence-corrected chi connectivity index (χ1v) is 6.00. The fraction of sp³-hybridized carbons (Fsp3) is 0.222. The third-order valence-electron chi connectivity index (χ3n) is 1.65. The van der Waals surface area contributed by atoms with E-state index in [1.807, 2.05) is 6.07 Å². The van der Waals surface area contributed by atoms with Crippen molar-refractivity contribution in [2.24, 2.45) is 0 Å². The van der Waals surface area contributed by atoms with Gasteiger partial charge in [0.25, 0.3) is 0 Å². The number of rotatable bonds is 3. The van der Waals surface area contributed by atoms with Crippen LogP contribution in [0.15, 0.2) is 18.2 Å². The van der Waals surface area contributed by atoms with Crippen LogP contribution in [0, 0.1) is 3.57 Å². The number of nitrogen functional groups attached to an aromatic ring is 1. The predicted octanol–water partition coefficient (Wildman–Crippen LogP) is 2.84. The van der Waals surface area contributed by atoms with Gasteiger partial charge in [-0.1, -0.05) is 28.1 Å². The van der Waals surface area contributed by atoms with Crippen molar-refractivity contribution in [3.05, 3.63) is 27.3 Å². The summed E-state index contributed by atoms with van der Waals surface area (Å²) in [6, 6.07) is 5.41. The highest BCUT2D eigenvalue weighted by molar-refractivity contribution is 14.1. The Bertz CT molecular complexity index is 327. The zero-order chi connectivity index (χ0) is 9.84. The Morgan fingerprint density at radius 1 is 1.54 bits per heavy atom. The number of hydrogen-bond acceptors (Lipinski definition) is 2. The van der Waals surface area contributed by atoms with Crippen LogP contribution in [-0.4, -0.2) is 11.1 Å². The summed E-state index contributed by atoms with van der Waals surface area (Å²) < 4.78 is 0.853. The van der Waals surface area contributed by atoms with Crippen molar-refractivity contribution in [1.82, 2.24) is 0 Å². The molecular formula is C9H9BrINO. The summed E-state index contributed by atoms with van der Waals surface area (Å²) in [4.78, 5) is 11.5. The van der Waals surface area contributed by atoms with Crippen molar-refractivity contribution >= 4 is 50.0 Å². The van der Waals surface area contributed by atoms with Crippen molar-refractivity contribution < 1.29 is 4.79 Å². The molecule has 0 aromatic heterocycles. The highest BCUT2D eigenvalue weighted by Crippen LogP contribution is 2.20. The van der Waals surface area contributed by atoms with E-state index in [-0.39, 0.29) is 5.78 Å². The smallest absolute Gasteiger partial charge is 0.164 e. The SMILES string of the molecule is Nc1cccc(C(=O)CCBr)c1I. The zero-order valence-corrected chi connectivity index (χ0v) is 10.6. The van der Waals surface area contributed by atoms with Crippen LogP contribution in [0.5, 0.6) is 0 Å². The first kappa shape index (κ1) is 11.0. The highest BCUT2D eigenvalue weighted by Gasteiger charge is 2.10. The Balaban J connectivity index is 3.01. The number of benzene rings is 1. The van der Waals surface area contributed by atoms with Gasteiger partial charge in [0.05, 0.1) is 0 Å². The van der Waals surface area contributed by atoms with Crippen LogP contribution in [0.25, 0.3) is 0 Å². The molecule has 0 fully saturated rings. The van der Waals surface area contributed by atoms with Crippen LogP contribution in [0.3, 0.4) is 0 Å². The Labute approximate surface area is 99.2 Å². The van der Waals surface area contributed by atoms with E-state index in [4.69, 9.17) is 5.73 Å². The van der Waals surface area contributed by atoms with Crippen LogP contribution >= 0.6 is 38.5 Å².